The highest BCUT2D eigenvalue weighted by atomic mass is 16.5. The summed E-state index contributed by atoms with van der Waals surface area (Å²) in [6, 6.07) is 0. The summed E-state index contributed by atoms with van der Waals surface area (Å²) in [6.45, 7) is 4.75. The highest BCUT2D eigenvalue weighted by Crippen LogP contribution is 2.65. The standard InChI is InChI=1S/C23H34O3/c1-5-23(25)11-8-19-20-15(2)12-16-13-22(14-24,26-4)10-7-17(16)18(20)6-9-21(19,23)3/h1,15,18-20,24-25H,6-14H2,2-4H3/t15-,18?,19?,20?,21+,22?,23+/m1/s1. The highest BCUT2D eigenvalue weighted by molar-refractivity contribution is 5.32. The van der Waals surface area contributed by atoms with E-state index in [1.807, 2.05) is 0 Å². The fourth-order valence-electron chi connectivity index (χ4n) is 7.33. The van der Waals surface area contributed by atoms with Crippen LogP contribution in [0.15, 0.2) is 11.1 Å². The minimum absolute atomic E-state index is 0.110. The normalized spacial score (nSPS) is 50.6. The molecule has 0 spiro atoms. The fourth-order valence-corrected chi connectivity index (χ4v) is 7.33. The third-order valence-electron chi connectivity index (χ3n) is 8.96. The Morgan fingerprint density at radius 1 is 1.27 bits per heavy atom. The number of methoxy groups -OCH3 is 1. The average Bonchev–Trinajstić information content (AvgIpc) is 2.93. The summed E-state index contributed by atoms with van der Waals surface area (Å²) in [4.78, 5) is 0. The molecule has 4 aliphatic carbocycles. The second-order valence-corrected chi connectivity index (χ2v) is 9.82. The number of aliphatic hydroxyl groups excluding tert-OH is 1. The van der Waals surface area contributed by atoms with Crippen LogP contribution >= 0.6 is 0 Å². The van der Waals surface area contributed by atoms with Gasteiger partial charge in [0.1, 0.15) is 5.60 Å². The Labute approximate surface area is 158 Å². The Balaban J connectivity index is 1.67. The molecule has 0 amide bonds. The molecule has 3 heteroatoms. The van der Waals surface area contributed by atoms with E-state index in [0.717, 1.165) is 51.4 Å². The number of aliphatic hydroxyl groups is 2. The van der Waals surface area contributed by atoms with Crippen LogP contribution in [0.2, 0.25) is 0 Å². The highest BCUT2D eigenvalue weighted by Gasteiger charge is 2.62. The van der Waals surface area contributed by atoms with Gasteiger partial charge in [-0.15, -0.1) is 6.42 Å². The largest absolute Gasteiger partial charge is 0.393 e. The van der Waals surface area contributed by atoms with Gasteiger partial charge in [-0.3, -0.25) is 0 Å². The van der Waals surface area contributed by atoms with E-state index in [2.05, 4.69) is 19.8 Å². The van der Waals surface area contributed by atoms with Crippen LogP contribution < -0.4 is 0 Å². The van der Waals surface area contributed by atoms with Crippen LogP contribution in [-0.4, -0.2) is 35.1 Å². The zero-order chi connectivity index (χ0) is 18.7. The zero-order valence-electron chi connectivity index (χ0n) is 16.6. The van der Waals surface area contributed by atoms with E-state index in [-0.39, 0.29) is 17.6 Å². The van der Waals surface area contributed by atoms with Crippen LogP contribution in [0.1, 0.15) is 65.2 Å². The molecule has 4 unspecified atom stereocenters. The molecule has 0 aromatic heterocycles. The molecule has 4 rings (SSSR count). The van der Waals surface area contributed by atoms with E-state index in [0.29, 0.717) is 23.7 Å². The molecule has 0 aromatic rings. The molecule has 26 heavy (non-hydrogen) atoms. The van der Waals surface area contributed by atoms with E-state index >= 15 is 0 Å². The van der Waals surface area contributed by atoms with Crippen LogP contribution in [0.3, 0.4) is 0 Å². The lowest BCUT2D eigenvalue weighted by Crippen LogP contribution is -2.53. The first-order chi connectivity index (χ1) is 12.3. The van der Waals surface area contributed by atoms with E-state index in [4.69, 9.17) is 11.2 Å². The van der Waals surface area contributed by atoms with Crippen LogP contribution in [0, 0.1) is 41.4 Å². The average molecular weight is 359 g/mol. The van der Waals surface area contributed by atoms with Gasteiger partial charge in [0.05, 0.1) is 12.2 Å². The Kier molecular flexibility index (Phi) is 4.34. The van der Waals surface area contributed by atoms with Crippen LogP contribution in [-0.2, 0) is 4.74 Å². The fraction of sp³-hybridized carbons (Fsp3) is 0.826. The molecule has 3 nitrogen and oxygen atoms in total. The zero-order valence-corrected chi connectivity index (χ0v) is 16.6. The number of hydrogen-bond acceptors (Lipinski definition) is 3. The number of terminal acetylenes is 1. The van der Waals surface area contributed by atoms with Gasteiger partial charge in [-0.05, 0) is 75.0 Å². The molecule has 7 atom stereocenters. The Morgan fingerprint density at radius 3 is 2.69 bits per heavy atom. The minimum Gasteiger partial charge on any atom is -0.393 e. The molecule has 144 valence electrons. The summed E-state index contributed by atoms with van der Waals surface area (Å²) in [5, 5.41) is 21.0. The van der Waals surface area contributed by atoms with Crippen LogP contribution in [0.5, 0.6) is 0 Å². The lowest BCUT2D eigenvalue weighted by molar-refractivity contribution is -0.0886. The van der Waals surface area contributed by atoms with Crippen molar-refractivity contribution >= 4 is 0 Å². The first kappa shape index (κ1) is 18.5. The van der Waals surface area contributed by atoms with Crippen molar-refractivity contribution in [1.29, 1.82) is 0 Å². The molecule has 2 saturated carbocycles. The summed E-state index contributed by atoms with van der Waals surface area (Å²) in [7, 11) is 1.74. The second kappa shape index (κ2) is 6.09. The number of ether oxygens (including phenoxy) is 1. The lowest BCUT2D eigenvalue weighted by atomic mass is 9.50. The molecule has 0 radical (unpaired) electrons. The predicted octanol–water partition coefficient (Wildman–Crippen LogP) is 3.69. The van der Waals surface area contributed by atoms with Gasteiger partial charge in [-0.1, -0.05) is 30.9 Å². The first-order valence-corrected chi connectivity index (χ1v) is 10.4. The Morgan fingerprint density at radius 2 is 2.04 bits per heavy atom. The smallest absolute Gasteiger partial charge is 0.130 e. The molecule has 4 aliphatic rings. The van der Waals surface area contributed by atoms with Gasteiger partial charge in [-0.2, -0.15) is 0 Å². The van der Waals surface area contributed by atoms with Crippen molar-refractivity contribution in [1.82, 2.24) is 0 Å². The van der Waals surface area contributed by atoms with Crippen molar-refractivity contribution in [2.24, 2.45) is 29.1 Å². The lowest BCUT2D eigenvalue weighted by Gasteiger charge is -2.56. The van der Waals surface area contributed by atoms with Gasteiger partial charge < -0.3 is 14.9 Å². The third-order valence-corrected chi connectivity index (χ3v) is 8.96. The molecule has 0 heterocycles. The number of rotatable bonds is 2. The Bertz CT molecular complexity index is 655. The monoisotopic (exact) mass is 358 g/mol. The van der Waals surface area contributed by atoms with Crippen LogP contribution in [0.25, 0.3) is 0 Å². The summed E-state index contributed by atoms with van der Waals surface area (Å²) in [5.41, 5.74) is 1.78. The van der Waals surface area contributed by atoms with Gasteiger partial charge in [0.25, 0.3) is 0 Å². The van der Waals surface area contributed by atoms with Crippen molar-refractivity contribution in [2.75, 3.05) is 13.7 Å². The maximum atomic E-state index is 11.1. The third kappa shape index (κ3) is 2.32. The molecule has 0 aliphatic heterocycles. The summed E-state index contributed by atoms with van der Waals surface area (Å²) in [5.74, 6) is 5.18. The second-order valence-electron chi connectivity index (χ2n) is 9.82. The van der Waals surface area contributed by atoms with E-state index in [1.54, 1.807) is 18.3 Å². The van der Waals surface area contributed by atoms with Gasteiger partial charge in [0, 0.05) is 12.5 Å². The topological polar surface area (TPSA) is 49.7 Å². The molecule has 0 saturated heterocycles. The van der Waals surface area contributed by atoms with E-state index in [1.165, 1.54) is 0 Å². The number of fused-ring (bicyclic) bond motifs is 4. The maximum Gasteiger partial charge on any atom is 0.130 e. The van der Waals surface area contributed by atoms with Crippen LogP contribution in [0.4, 0.5) is 0 Å². The minimum atomic E-state index is -0.925. The molecule has 0 aromatic carbocycles. The predicted molar refractivity (Wildman–Crippen MR) is 102 cm³/mol. The first-order valence-electron chi connectivity index (χ1n) is 10.4. The number of hydrogen-bond donors (Lipinski definition) is 2. The van der Waals surface area contributed by atoms with E-state index < -0.39 is 5.60 Å². The molecular formula is C23H34O3. The van der Waals surface area contributed by atoms with E-state index in [9.17, 15) is 10.2 Å². The quantitative estimate of drug-likeness (QED) is 0.585. The van der Waals surface area contributed by atoms with Crippen molar-refractivity contribution in [2.45, 2.75) is 76.4 Å². The summed E-state index contributed by atoms with van der Waals surface area (Å²) >= 11 is 0. The number of allylic oxidation sites excluding steroid dienone is 1. The van der Waals surface area contributed by atoms with Crippen molar-refractivity contribution in [3.05, 3.63) is 11.1 Å². The molecule has 2 N–H and O–H groups in total. The van der Waals surface area contributed by atoms with Gasteiger partial charge in [-0.25, -0.2) is 0 Å². The Hall–Kier alpha value is -0.820. The molecule has 0 bridgehead atoms. The maximum absolute atomic E-state index is 11.1. The SMILES string of the molecule is C#C[C@]1(O)CCC2C3C(CC[C@@]21C)C1=C(C[C@H]3C)CC(CO)(OC)CC1. The van der Waals surface area contributed by atoms with Gasteiger partial charge in [0.15, 0.2) is 0 Å². The summed E-state index contributed by atoms with van der Waals surface area (Å²) in [6.07, 6.45) is 13.7. The van der Waals surface area contributed by atoms with Gasteiger partial charge in [0.2, 0.25) is 0 Å². The van der Waals surface area contributed by atoms with Crippen molar-refractivity contribution < 1.29 is 14.9 Å². The van der Waals surface area contributed by atoms with Gasteiger partial charge >= 0.3 is 0 Å². The van der Waals surface area contributed by atoms with Crippen molar-refractivity contribution in [3.8, 4) is 12.3 Å². The van der Waals surface area contributed by atoms with Crippen molar-refractivity contribution in [3.63, 3.8) is 0 Å². The molecular weight excluding hydrogens is 324 g/mol. The molecule has 2 fully saturated rings. The summed E-state index contributed by atoms with van der Waals surface area (Å²) < 4.78 is 5.74.